The predicted octanol–water partition coefficient (Wildman–Crippen LogP) is 1.30. The summed E-state index contributed by atoms with van der Waals surface area (Å²) in [5.41, 5.74) is 0.980. The van der Waals surface area contributed by atoms with Gasteiger partial charge in [0.05, 0.1) is 6.33 Å². The Balaban J connectivity index is 1.67. The standard InChI is InChI=1S/C14H16N4O2/c19-13(6-8-18-9-7-15-11-18)17-14(20)16-10-12-4-2-1-3-5-12/h1-5,7,9,11H,6,8,10H2,(H2,16,17,19,20). The summed E-state index contributed by atoms with van der Waals surface area (Å²) < 4.78 is 1.78. The number of hydrogen-bond donors (Lipinski definition) is 2. The first-order chi connectivity index (χ1) is 9.74. The lowest BCUT2D eigenvalue weighted by Gasteiger charge is -2.07. The third-order valence-electron chi connectivity index (χ3n) is 2.71. The summed E-state index contributed by atoms with van der Waals surface area (Å²) in [6, 6.07) is 9.02. The molecule has 1 heterocycles. The molecule has 104 valence electrons. The van der Waals surface area contributed by atoms with Crippen molar-refractivity contribution in [2.45, 2.75) is 19.5 Å². The highest BCUT2D eigenvalue weighted by Crippen LogP contribution is 1.97. The molecule has 0 aliphatic rings. The minimum Gasteiger partial charge on any atom is -0.337 e. The molecule has 6 heteroatoms. The van der Waals surface area contributed by atoms with Crippen molar-refractivity contribution in [3.8, 4) is 0 Å². The molecule has 0 spiro atoms. The van der Waals surface area contributed by atoms with Gasteiger partial charge in [-0.3, -0.25) is 10.1 Å². The number of imide groups is 1. The maximum atomic E-state index is 11.6. The first-order valence-corrected chi connectivity index (χ1v) is 6.31. The molecule has 3 amide bonds. The van der Waals surface area contributed by atoms with Gasteiger partial charge in [0.1, 0.15) is 0 Å². The lowest BCUT2D eigenvalue weighted by molar-refractivity contribution is -0.120. The quantitative estimate of drug-likeness (QED) is 0.861. The zero-order valence-corrected chi connectivity index (χ0v) is 11.0. The highest BCUT2D eigenvalue weighted by atomic mass is 16.2. The van der Waals surface area contributed by atoms with Gasteiger partial charge in [0.25, 0.3) is 0 Å². The van der Waals surface area contributed by atoms with Crippen LogP contribution in [0, 0.1) is 0 Å². The van der Waals surface area contributed by atoms with Crippen LogP contribution in [0.2, 0.25) is 0 Å². The molecular weight excluding hydrogens is 256 g/mol. The molecule has 0 saturated carbocycles. The van der Waals surface area contributed by atoms with Gasteiger partial charge in [-0.25, -0.2) is 9.78 Å². The molecular formula is C14H16N4O2. The zero-order valence-electron chi connectivity index (χ0n) is 11.0. The van der Waals surface area contributed by atoms with Crippen LogP contribution in [0.15, 0.2) is 49.1 Å². The van der Waals surface area contributed by atoms with Crippen molar-refractivity contribution >= 4 is 11.9 Å². The number of rotatable bonds is 5. The Labute approximate surface area is 116 Å². The van der Waals surface area contributed by atoms with Gasteiger partial charge in [-0.2, -0.15) is 0 Å². The number of hydrogen-bond acceptors (Lipinski definition) is 3. The maximum Gasteiger partial charge on any atom is 0.321 e. The summed E-state index contributed by atoms with van der Waals surface area (Å²) in [6.45, 7) is 0.888. The van der Waals surface area contributed by atoms with E-state index in [2.05, 4.69) is 15.6 Å². The molecule has 0 atom stereocenters. The number of imidazole rings is 1. The minimum absolute atomic E-state index is 0.231. The number of carbonyl (C=O) groups excluding carboxylic acids is 2. The molecule has 1 aromatic heterocycles. The fourth-order valence-electron chi connectivity index (χ4n) is 1.66. The van der Waals surface area contributed by atoms with Crippen LogP contribution in [0.4, 0.5) is 4.79 Å². The monoisotopic (exact) mass is 272 g/mol. The van der Waals surface area contributed by atoms with Crippen LogP contribution in [-0.2, 0) is 17.9 Å². The molecule has 6 nitrogen and oxygen atoms in total. The summed E-state index contributed by atoms with van der Waals surface area (Å²) >= 11 is 0. The number of aryl methyl sites for hydroxylation is 1. The Hall–Kier alpha value is -2.63. The topological polar surface area (TPSA) is 76.0 Å². The van der Waals surface area contributed by atoms with Crippen LogP contribution < -0.4 is 10.6 Å². The SMILES string of the molecule is O=C(CCn1ccnc1)NC(=O)NCc1ccccc1. The molecule has 0 aliphatic heterocycles. The maximum absolute atomic E-state index is 11.6. The second kappa shape index (κ2) is 7.08. The van der Waals surface area contributed by atoms with Gasteiger partial charge < -0.3 is 9.88 Å². The molecule has 20 heavy (non-hydrogen) atoms. The van der Waals surface area contributed by atoms with Gasteiger partial charge in [-0.05, 0) is 5.56 Å². The third kappa shape index (κ3) is 4.56. The lowest BCUT2D eigenvalue weighted by atomic mass is 10.2. The van der Waals surface area contributed by atoms with Gasteiger partial charge >= 0.3 is 6.03 Å². The second-order valence-corrected chi connectivity index (χ2v) is 4.27. The molecule has 0 saturated heterocycles. The van der Waals surface area contributed by atoms with E-state index >= 15 is 0 Å². The smallest absolute Gasteiger partial charge is 0.321 e. The van der Waals surface area contributed by atoms with Crippen molar-refractivity contribution in [1.82, 2.24) is 20.2 Å². The van der Waals surface area contributed by atoms with E-state index in [4.69, 9.17) is 0 Å². The summed E-state index contributed by atoms with van der Waals surface area (Å²) in [5, 5.41) is 4.92. The van der Waals surface area contributed by atoms with Gasteiger partial charge in [0.15, 0.2) is 0 Å². The van der Waals surface area contributed by atoms with Crippen molar-refractivity contribution in [1.29, 1.82) is 0 Å². The summed E-state index contributed by atoms with van der Waals surface area (Å²) in [4.78, 5) is 27.0. The van der Waals surface area contributed by atoms with Crippen molar-refractivity contribution < 1.29 is 9.59 Å². The molecule has 0 radical (unpaired) electrons. The zero-order chi connectivity index (χ0) is 14.2. The number of benzene rings is 1. The van der Waals surface area contributed by atoms with Crippen LogP contribution >= 0.6 is 0 Å². The van der Waals surface area contributed by atoms with E-state index in [9.17, 15) is 9.59 Å². The van der Waals surface area contributed by atoms with Crippen molar-refractivity contribution in [3.63, 3.8) is 0 Å². The number of nitrogens with one attached hydrogen (secondary N) is 2. The molecule has 0 aliphatic carbocycles. The van der Waals surface area contributed by atoms with Crippen LogP contribution in [0.25, 0.3) is 0 Å². The lowest BCUT2D eigenvalue weighted by Crippen LogP contribution is -2.39. The number of aromatic nitrogens is 2. The van der Waals surface area contributed by atoms with E-state index in [1.54, 1.807) is 23.3 Å². The Morgan fingerprint density at radius 3 is 2.70 bits per heavy atom. The molecule has 0 unspecified atom stereocenters. The van der Waals surface area contributed by atoms with Gasteiger partial charge in [0.2, 0.25) is 5.91 Å². The van der Waals surface area contributed by atoms with Crippen LogP contribution in [0.3, 0.4) is 0 Å². The Morgan fingerprint density at radius 2 is 2.00 bits per heavy atom. The summed E-state index contributed by atoms with van der Waals surface area (Å²) in [7, 11) is 0. The number of carbonyl (C=O) groups is 2. The highest BCUT2D eigenvalue weighted by molar-refractivity contribution is 5.94. The van der Waals surface area contributed by atoms with Crippen LogP contribution in [0.5, 0.6) is 0 Å². The van der Waals surface area contributed by atoms with E-state index in [0.717, 1.165) is 5.56 Å². The Morgan fingerprint density at radius 1 is 1.20 bits per heavy atom. The molecule has 2 rings (SSSR count). The summed E-state index contributed by atoms with van der Waals surface area (Å²) in [5.74, 6) is -0.315. The molecule has 0 bridgehead atoms. The van der Waals surface area contributed by atoms with Gasteiger partial charge in [0, 0.05) is 31.9 Å². The fourth-order valence-corrected chi connectivity index (χ4v) is 1.66. The Kier molecular flexibility index (Phi) is 4.88. The summed E-state index contributed by atoms with van der Waals surface area (Å²) in [6.07, 6.45) is 5.27. The largest absolute Gasteiger partial charge is 0.337 e. The fraction of sp³-hybridized carbons (Fsp3) is 0.214. The molecule has 1 aromatic carbocycles. The molecule has 2 aromatic rings. The van der Waals surface area contributed by atoms with Gasteiger partial charge in [-0.15, -0.1) is 0 Å². The average molecular weight is 272 g/mol. The number of urea groups is 1. The van der Waals surface area contributed by atoms with Crippen molar-refractivity contribution in [2.75, 3.05) is 0 Å². The third-order valence-corrected chi connectivity index (χ3v) is 2.71. The number of nitrogens with zero attached hydrogens (tertiary/aromatic N) is 2. The highest BCUT2D eigenvalue weighted by Gasteiger charge is 2.07. The van der Waals surface area contributed by atoms with E-state index in [0.29, 0.717) is 13.1 Å². The normalized spacial score (nSPS) is 10.0. The predicted molar refractivity (Wildman–Crippen MR) is 73.7 cm³/mol. The number of amides is 3. The van der Waals surface area contributed by atoms with Crippen molar-refractivity contribution in [2.24, 2.45) is 0 Å². The van der Waals surface area contributed by atoms with Gasteiger partial charge in [-0.1, -0.05) is 30.3 Å². The van der Waals surface area contributed by atoms with E-state index in [1.807, 2.05) is 30.3 Å². The van der Waals surface area contributed by atoms with Crippen molar-refractivity contribution in [3.05, 3.63) is 54.6 Å². The molecule has 0 fully saturated rings. The average Bonchev–Trinajstić information content (AvgIpc) is 2.97. The minimum atomic E-state index is -0.482. The first kappa shape index (κ1) is 13.8. The first-order valence-electron chi connectivity index (χ1n) is 6.31. The molecule has 2 N–H and O–H groups in total. The second-order valence-electron chi connectivity index (χ2n) is 4.27. The van der Waals surface area contributed by atoms with E-state index < -0.39 is 6.03 Å². The van der Waals surface area contributed by atoms with Crippen LogP contribution in [0.1, 0.15) is 12.0 Å². The van der Waals surface area contributed by atoms with E-state index in [-0.39, 0.29) is 12.3 Å². The van der Waals surface area contributed by atoms with Crippen LogP contribution in [-0.4, -0.2) is 21.5 Å². The van der Waals surface area contributed by atoms with E-state index in [1.165, 1.54) is 0 Å². The Bertz CT molecular complexity index is 552.